The Labute approximate surface area is 60.6 Å². The van der Waals surface area contributed by atoms with Crippen LogP contribution in [-0.4, -0.2) is 11.3 Å². The molecule has 5 heteroatoms. The first-order valence-electron chi connectivity index (χ1n) is 2.66. The van der Waals surface area contributed by atoms with Gasteiger partial charge in [0.05, 0.1) is 0 Å². The Hall–Kier alpha value is -1.26. The summed E-state index contributed by atoms with van der Waals surface area (Å²) in [6, 6.07) is 4.78. The van der Waals surface area contributed by atoms with Gasteiger partial charge in [-0.25, -0.2) is 4.98 Å². The second-order valence-corrected chi connectivity index (χ2v) is 1.64. The van der Waals surface area contributed by atoms with Crippen molar-refractivity contribution in [2.24, 2.45) is 0 Å². The lowest BCUT2D eigenvalue weighted by molar-refractivity contribution is -0.276. The molecule has 0 bridgehead atoms. The summed E-state index contributed by atoms with van der Waals surface area (Å²) >= 11 is 0. The molecule has 0 aliphatic carbocycles. The highest BCUT2D eigenvalue weighted by Gasteiger charge is 2.31. The number of hydrogen-bond acceptors (Lipinski definition) is 2. The molecule has 2 nitrogen and oxygen atoms in total. The molecule has 59 valence electrons. The van der Waals surface area contributed by atoms with E-state index in [9.17, 15) is 13.2 Å². The zero-order valence-electron chi connectivity index (χ0n) is 5.22. The minimum atomic E-state index is -4.68. The maximum absolute atomic E-state index is 11.5. The van der Waals surface area contributed by atoms with Gasteiger partial charge in [0, 0.05) is 12.3 Å². The quantitative estimate of drug-likeness (QED) is 0.627. The summed E-state index contributed by atoms with van der Waals surface area (Å²) in [5.41, 5.74) is 0. The standard InChI is InChI=1S/C6H3F3NO/c7-6(8,9)11-5-3-1-2-4-10-5/h2-4H. The third kappa shape index (κ3) is 2.88. The van der Waals surface area contributed by atoms with Crippen molar-refractivity contribution in [2.75, 3.05) is 0 Å². The lowest BCUT2D eigenvalue weighted by Gasteiger charge is -2.05. The van der Waals surface area contributed by atoms with E-state index in [1.807, 2.05) is 0 Å². The van der Waals surface area contributed by atoms with Crippen LogP contribution in [-0.2, 0) is 0 Å². The molecule has 0 fully saturated rings. The van der Waals surface area contributed by atoms with E-state index >= 15 is 0 Å². The summed E-state index contributed by atoms with van der Waals surface area (Å²) < 4.78 is 37.9. The predicted octanol–water partition coefficient (Wildman–Crippen LogP) is 1.78. The van der Waals surface area contributed by atoms with Crippen LogP contribution in [0.25, 0.3) is 0 Å². The SMILES string of the molecule is FC(F)(F)Oc1c[c]ccn1. The Morgan fingerprint density at radius 2 is 2.18 bits per heavy atom. The van der Waals surface area contributed by atoms with Gasteiger partial charge < -0.3 is 4.74 Å². The highest BCUT2D eigenvalue weighted by atomic mass is 19.4. The van der Waals surface area contributed by atoms with Crippen molar-refractivity contribution in [1.82, 2.24) is 4.98 Å². The molecule has 0 atom stereocenters. The summed E-state index contributed by atoms with van der Waals surface area (Å²) in [6.45, 7) is 0. The molecule has 0 saturated carbocycles. The molecule has 1 heterocycles. The molecule has 0 unspecified atom stereocenters. The van der Waals surface area contributed by atoms with Gasteiger partial charge in [0.15, 0.2) is 0 Å². The van der Waals surface area contributed by atoms with Gasteiger partial charge in [0.1, 0.15) is 0 Å². The van der Waals surface area contributed by atoms with Crippen molar-refractivity contribution in [3.63, 3.8) is 0 Å². The monoisotopic (exact) mass is 162 g/mol. The summed E-state index contributed by atoms with van der Waals surface area (Å²) in [7, 11) is 0. The largest absolute Gasteiger partial charge is 0.574 e. The van der Waals surface area contributed by atoms with E-state index in [4.69, 9.17) is 0 Å². The van der Waals surface area contributed by atoms with Crippen LogP contribution in [0.1, 0.15) is 0 Å². The maximum atomic E-state index is 11.5. The van der Waals surface area contributed by atoms with Crippen LogP contribution in [0, 0.1) is 6.07 Å². The zero-order valence-corrected chi connectivity index (χ0v) is 5.22. The van der Waals surface area contributed by atoms with Crippen molar-refractivity contribution in [2.45, 2.75) is 6.36 Å². The fourth-order valence-electron chi connectivity index (χ4n) is 0.485. The Morgan fingerprint density at radius 3 is 2.64 bits per heavy atom. The molecular weight excluding hydrogens is 159 g/mol. The van der Waals surface area contributed by atoms with Crippen LogP contribution in [0.3, 0.4) is 0 Å². The molecule has 1 aromatic heterocycles. The Bertz CT molecular complexity index is 221. The molecule has 1 aromatic rings. The predicted molar refractivity (Wildman–Crippen MR) is 29.8 cm³/mol. The van der Waals surface area contributed by atoms with Crippen molar-refractivity contribution in [3.05, 3.63) is 24.4 Å². The van der Waals surface area contributed by atoms with Crippen molar-refractivity contribution in [1.29, 1.82) is 0 Å². The van der Waals surface area contributed by atoms with Crippen LogP contribution >= 0.6 is 0 Å². The molecular formula is C6H3F3NO. The van der Waals surface area contributed by atoms with E-state index in [-0.39, 0.29) is 0 Å². The molecule has 0 aromatic carbocycles. The molecule has 0 amide bonds. The zero-order chi connectivity index (χ0) is 8.32. The first-order valence-corrected chi connectivity index (χ1v) is 2.66. The summed E-state index contributed by atoms with van der Waals surface area (Å²) in [4.78, 5) is 3.29. The van der Waals surface area contributed by atoms with E-state index in [1.54, 1.807) is 0 Å². The molecule has 1 radical (unpaired) electrons. The van der Waals surface area contributed by atoms with Gasteiger partial charge in [-0.1, -0.05) is 0 Å². The van der Waals surface area contributed by atoms with Gasteiger partial charge in [-0.05, 0) is 12.1 Å². The Balaban J connectivity index is 2.66. The molecule has 0 spiro atoms. The third-order valence-corrected chi connectivity index (χ3v) is 0.800. The van der Waals surface area contributed by atoms with E-state index in [1.165, 1.54) is 12.3 Å². The average molecular weight is 162 g/mol. The van der Waals surface area contributed by atoms with Crippen LogP contribution in [0.2, 0.25) is 0 Å². The minimum Gasteiger partial charge on any atom is -0.388 e. The fraction of sp³-hybridized carbons (Fsp3) is 0.167. The third-order valence-electron chi connectivity index (χ3n) is 0.800. The van der Waals surface area contributed by atoms with Gasteiger partial charge >= 0.3 is 6.36 Å². The highest BCUT2D eigenvalue weighted by molar-refractivity contribution is 5.07. The number of pyridine rings is 1. The average Bonchev–Trinajstić information content (AvgIpc) is 1.85. The van der Waals surface area contributed by atoms with Crippen LogP contribution < -0.4 is 4.74 Å². The number of nitrogens with zero attached hydrogens (tertiary/aromatic N) is 1. The van der Waals surface area contributed by atoms with E-state index in [2.05, 4.69) is 15.8 Å². The van der Waals surface area contributed by atoms with Crippen LogP contribution in [0.4, 0.5) is 13.2 Å². The Kier molecular flexibility index (Phi) is 1.98. The van der Waals surface area contributed by atoms with Crippen molar-refractivity contribution in [3.8, 4) is 5.88 Å². The number of hydrogen-bond donors (Lipinski definition) is 0. The van der Waals surface area contributed by atoms with Gasteiger partial charge in [0.2, 0.25) is 5.88 Å². The second-order valence-electron chi connectivity index (χ2n) is 1.64. The van der Waals surface area contributed by atoms with Crippen LogP contribution in [0.5, 0.6) is 5.88 Å². The molecule has 1 rings (SSSR count). The molecule has 0 N–H and O–H groups in total. The Morgan fingerprint density at radius 1 is 1.45 bits per heavy atom. The second kappa shape index (κ2) is 2.77. The number of rotatable bonds is 1. The minimum absolute atomic E-state index is 0.500. The van der Waals surface area contributed by atoms with Crippen molar-refractivity contribution >= 4 is 0 Å². The summed E-state index contributed by atoms with van der Waals surface area (Å²) in [5, 5.41) is 0. The number of halogens is 3. The number of alkyl halides is 3. The number of ether oxygens (including phenoxy) is 1. The highest BCUT2D eigenvalue weighted by Crippen LogP contribution is 2.19. The maximum Gasteiger partial charge on any atom is 0.574 e. The molecule has 0 aliphatic heterocycles. The van der Waals surface area contributed by atoms with Crippen LogP contribution in [0.15, 0.2) is 18.3 Å². The van der Waals surface area contributed by atoms with Crippen molar-refractivity contribution < 1.29 is 17.9 Å². The van der Waals surface area contributed by atoms with Gasteiger partial charge in [-0.15, -0.1) is 13.2 Å². The van der Waals surface area contributed by atoms with E-state index in [0.29, 0.717) is 0 Å². The van der Waals surface area contributed by atoms with Gasteiger partial charge in [-0.3, -0.25) is 0 Å². The fourth-order valence-corrected chi connectivity index (χ4v) is 0.485. The smallest absolute Gasteiger partial charge is 0.388 e. The van der Waals surface area contributed by atoms with E-state index < -0.39 is 12.2 Å². The number of aromatic nitrogens is 1. The molecule has 11 heavy (non-hydrogen) atoms. The lowest BCUT2D eigenvalue weighted by Crippen LogP contribution is -2.17. The first kappa shape index (κ1) is 7.84. The topological polar surface area (TPSA) is 22.1 Å². The lowest BCUT2D eigenvalue weighted by atomic mass is 10.5. The summed E-state index contributed by atoms with van der Waals surface area (Å²) in [6.07, 6.45) is -3.51. The molecule has 0 saturated heterocycles. The van der Waals surface area contributed by atoms with Gasteiger partial charge in [0.25, 0.3) is 0 Å². The molecule has 0 aliphatic rings. The first-order chi connectivity index (χ1) is 5.08. The van der Waals surface area contributed by atoms with E-state index in [0.717, 1.165) is 6.07 Å². The normalized spacial score (nSPS) is 11.2. The summed E-state index contributed by atoms with van der Waals surface area (Å²) in [5.74, 6) is -0.500. The van der Waals surface area contributed by atoms with Gasteiger partial charge in [-0.2, -0.15) is 0 Å².